The van der Waals surface area contributed by atoms with Gasteiger partial charge in [-0.1, -0.05) is 12.1 Å². The van der Waals surface area contributed by atoms with Crippen molar-refractivity contribution in [3.05, 3.63) is 65.7 Å². The Labute approximate surface area is 117 Å². The Morgan fingerprint density at radius 2 is 1.81 bits per heavy atom. The van der Waals surface area contributed by atoms with Gasteiger partial charge in [0, 0.05) is 12.4 Å². The zero-order valence-electron chi connectivity index (χ0n) is 10.6. The lowest BCUT2D eigenvalue weighted by atomic mass is 10.1. The molecule has 0 aliphatic carbocycles. The van der Waals surface area contributed by atoms with Gasteiger partial charge in [0.25, 0.3) is 5.91 Å². The smallest absolute Gasteiger partial charge is 0.337 e. The van der Waals surface area contributed by atoms with Crippen LogP contribution in [0.1, 0.15) is 22.0 Å². The maximum atomic E-state index is 13.1. The molecule has 0 radical (unpaired) electrons. The van der Waals surface area contributed by atoms with E-state index in [1.807, 2.05) is 5.32 Å². The molecule has 1 atom stereocenters. The SMILES string of the molecule is O=C(NC(c1ccc(F)cc1)C(F)(F)F)c1cccnc1. The van der Waals surface area contributed by atoms with Gasteiger partial charge in [0.15, 0.2) is 6.04 Å². The topological polar surface area (TPSA) is 42.0 Å². The molecule has 0 spiro atoms. The van der Waals surface area contributed by atoms with Gasteiger partial charge in [0.1, 0.15) is 5.82 Å². The minimum absolute atomic E-state index is 0.00821. The average Bonchev–Trinajstić information content (AvgIpc) is 2.45. The number of alkyl halides is 3. The largest absolute Gasteiger partial charge is 0.412 e. The Kier molecular flexibility index (Phi) is 4.21. The third-order valence-corrected chi connectivity index (χ3v) is 2.73. The van der Waals surface area contributed by atoms with Crippen molar-refractivity contribution >= 4 is 5.91 Å². The molecule has 1 aromatic carbocycles. The van der Waals surface area contributed by atoms with Gasteiger partial charge in [-0.2, -0.15) is 13.2 Å². The molecule has 0 aliphatic heterocycles. The molecule has 1 heterocycles. The first-order valence-electron chi connectivity index (χ1n) is 5.91. The van der Waals surface area contributed by atoms with Crippen molar-refractivity contribution < 1.29 is 22.4 Å². The summed E-state index contributed by atoms with van der Waals surface area (Å²) in [4.78, 5) is 15.5. The molecule has 2 rings (SSSR count). The van der Waals surface area contributed by atoms with E-state index in [9.17, 15) is 22.4 Å². The summed E-state index contributed by atoms with van der Waals surface area (Å²) in [5, 5.41) is 1.88. The molecule has 110 valence electrons. The highest BCUT2D eigenvalue weighted by Gasteiger charge is 2.42. The molecule has 1 unspecified atom stereocenters. The highest BCUT2D eigenvalue weighted by molar-refractivity contribution is 5.94. The first kappa shape index (κ1) is 15.0. The van der Waals surface area contributed by atoms with Crippen LogP contribution in [0.15, 0.2) is 48.8 Å². The summed E-state index contributed by atoms with van der Waals surface area (Å²) in [5.41, 5.74) is -0.241. The lowest BCUT2D eigenvalue weighted by Gasteiger charge is -2.22. The predicted molar refractivity (Wildman–Crippen MR) is 66.9 cm³/mol. The first-order chi connectivity index (χ1) is 9.88. The van der Waals surface area contributed by atoms with Crippen LogP contribution in [0.25, 0.3) is 0 Å². The number of benzene rings is 1. The van der Waals surface area contributed by atoms with Crippen molar-refractivity contribution in [2.24, 2.45) is 0 Å². The van der Waals surface area contributed by atoms with E-state index in [1.54, 1.807) is 0 Å². The molecule has 0 aliphatic rings. The molecule has 1 N–H and O–H groups in total. The number of rotatable bonds is 3. The Hall–Kier alpha value is -2.44. The monoisotopic (exact) mass is 298 g/mol. The molecule has 0 fully saturated rings. The third-order valence-electron chi connectivity index (χ3n) is 2.73. The fraction of sp³-hybridized carbons (Fsp3) is 0.143. The van der Waals surface area contributed by atoms with Crippen molar-refractivity contribution in [3.63, 3.8) is 0 Å². The fourth-order valence-electron chi connectivity index (χ4n) is 1.72. The van der Waals surface area contributed by atoms with Gasteiger partial charge in [-0.15, -0.1) is 0 Å². The Morgan fingerprint density at radius 1 is 1.14 bits per heavy atom. The molecule has 0 saturated carbocycles. The quantitative estimate of drug-likeness (QED) is 0.884. The number of aromatic nitrogens is 1. The van der Waals surface area contributed by atoms with E-state index in [4.69, 9.17) is 0 Å². The van der Waals surface area contributed by atoms with Crippen LogP contribution in [0.4, 0.5) is 17.6 Å². The first-order valence-corrected chi connectivity index (χ1v) is 5.91. The number of nitrogens with zero attached hydrogens (tertiary/aromatic N) is 1. The molecule has 2 aromatic rings. The zero-order valence-corrected chi connectivity index (χ0v) is 10.6. The average molecular weight is 298 g/mol. The van der Waals surface area contributed by atoms with Crippen LogP contribution in [0.5, 0.6) is 0 Å². The minimum Gasteiger partial charge on any atom is -0.337 e. The van der Waals surface area contributed by atoms with E-state index >= 15 is 0 Å². The van der Waals surface area contributed by atoms with Gasteiger partial charge < -0.3 is 5.32 Å². The fourth-order valence-corrected chi connectivity index (χ4v) is 1.72. The van der Waals surface area contributed by atoms with Crippen molar-refractivity contribution in [2.45, 2.75) is 12.2 Å². The molecular weight excluding hydrogens is 288 g/mol. The number of nitrogens with one attached hydrogen (secondary N) is 1. The van der Waals surface area contributed by atoms with Crippen molar-refractivity contribution in [3.8, 4) is 0 Å². The second kappa shape index (κ2) is 5.90. The van der Waals surface area contributed by atoms with Gasteiger partial charge in [0.05, 0.1) is 5.56 Å². The molecule has 1 amide bonds. The summed E-state index contributed by atoms with van der Waals surface area (Å²) in [5.74, 6) is -1.56. The molecule has 1 aromatic heterocycles. The summed E-state index contributed by atoms with van der Waals surface area (Å²) in [7, 11) is 0. The second-order valence-electron chi connectivity index (χ2n) is 4.24. The number of amides is 1. The van der Waals surface area contributed by atoms with E-state index in [-0.39, 0.29) is 11.1 Å². The Bertz CT molecular complexity index is 611. The number of carbonyl (C=O) groups is 1. The van der Waals surface area contributed by atoms with Crippen LogP contribution in [0.2, 0.25) is 0 Å². The van der Waals surface area contributed by atoms with Gasteiger partial charge >= 0.3 is 6.18 Å². The summed E-state index contributed by atoms with van der Waals surface area (Å²) in [6, 6.07) is 4.35. The van der Waals surface area contributed by atoms with Crippen molar-refractivity contribution in [2.75, 3.05) is 0 Å². The maximum Gasteiger partial charge on any atom is 0.412 e. The highest BCUT2D eigenvalue weighted by atomic mass is 19.4. The van der Waals surface area contributed by atoms with Gasteiger partial charge in [0.2, 0.25) is 0 Å². The highest BCUT2D eigenvalue weighted by Crippen LogP contribution is 2.32. The van der Waals surface area contributed by atoms with Crippen LogP contribution in [0, 0.1) is 5.82 Å². The van der Waals surface area contributed by atoms with Crippen LogP contribution >= 0.6 is 0 Å². The van der Waals surface area contributed by atoms with E-state index in [0.29, 0.717) is 0 Å². The maximum absolute atomic E-state index is 13.1. The summed E-state index contributed by atoms with van der Waals surface area (Å²) >= 11 is 0. The van der Waals surface area contributed by atoms with E-state index < -0.39 is 23.9 Å². The Morgan fingerprint density at radius 3 is 2.33 bits per heavy atom. The second-order valence-corrected chi connectivity index (χ2v) is 4.24. The predicted octanol–water partition coefficient (Wildman–Crippen LogP) is 3.25. The number of carbonyl (C=O) groups excluding carboxylic acids is 1. The van der Waals surface area contributed by atoms with Gasteiger partial charge in [-0.25, -0.2) is 4.39 Å². The van der Waals surface area contributed by atoms with E-state index in [1.165, 1.54) is 18.3 Å². The van der Waals surface area contributed by atoms with Crippen LogP contribution in [-0.2, 0) is 0 Å². The van der Waals surface area contributed by atoms with E-state index in [2.05, 4.69) is 4.98 Å². The standard InChI is InChI=1S/C14H10F4N2O/c15-11-5-3-9(4-6-11)12(14(16,17)18)20-13(21)10-2-1-7-19-8-10/h1-8,12H,(H,20,21). The molecular formula is C14H10F4N2O. The summed E-state index contributed by atoms with van der Waals surface area (Å²) < 4.78 is 52.0. The van der Waals surface area contributed by atoms with Crippen molar-refractivity contribution in [1.82, 2.24) is 10.3 Å². The van der Waals surface area contributed by atoms with Gasteiger partial charge in [-0.3, -0.25) is 9.78 Å². The number of hydrogen-bond acceptors (Lipinski definition) is 2. The van der Waals surface area contributed by atoms with Crippen LogP contribution in [-0.4, -0.2) is 17.1 Å². The number of hydrogen-bond donors (Lipinski definition) is 1. The summed E-state index contributed by atoms with van der Waals surface area (Å²) in [6.07, 6.45) is -2.14. The van der Waals surface area contributed by atoms with Crippen LogP contribution in [0.3, 0.4) is 0 Å². The van der Waals surface area contributed by atoms with E-state index in [0.717, 1.165) is 30.5 Å². The lowest BCUT2D eigenvalue weighted by molar-refractivity contribution is -0.155. The van der Waals surface area contributed by atoms with Crippen molar-refractivity contribution in [1.29, 1.82) is 0 Å². The number of pyridine rings is 1. The lowest BCUT2D eigenvalue weighted by Crippen LogP contribution is -2.38. The normalized spacial score (nSPS) is 12.8. The molecule has 0 bridgehead atoms. The molecule has 7 heteroatoms. The van der Waals surface area contributed by atoms with Crippen LogP contribution < -0.4 is 5.32 Å². The molecule has 21 heavy (non-hydrogen) atoms. The minimum atomic E-state index is -4.70. The number of halogens is 4. The molecule has 3 nitrogen and oxygen atoms in total. The summed E-state index contributed by atoms with van der Waals surface area (Å²) in [6.45, 7) is 0. The van der Waals surface area contributed by atoms with Gasteiger partial charge in [-0.05, 0) is 29.8 Å². The zero-order chi connectivity index (χ0) is 15.5. The Balaban J connectivity index is 2.26. The molecule has 0 saturated heterocycles. The third kappa shape index (κ3) is 3.77.